The first-order valence-corrected chi connectivity index (χ1v) is 9.45. The van der Waals surface area contributed by atoms with E-state index in [1.54, 1.807) is 16.8 Å². The van der Waals surface area contributed by atoms with E-state index in [4.69, 9.17) is 0 Å². The second-order valence-corrected chi connectivity index (χ2v) is 7.47. The van der Waals surface area contributed by atoms with Crippen molar-refractivity contribution >= 4 is 22.8 Å². The Labute approximate surface area is 148 Å². The van der Waals surface area contributed by atoms with E-state index in [0.29, 0.717) is 12.2 Å². The minimum absolute atomic E-state index is 0.0889. The van der Waals surface area contributed by atoms with E-state index >= 15 is 0 Å². The van der Waals surface area contributed by atoms with Crippen LogP contribution in [0.4, 0.5) is 4.39 Å². The molecule has 130 valence electrons. The number of aryl methyl sites for hydroxylation is 1. The zero-order chi connectivity index (χ0) is 17.4. The van der Waals surface area contributed by atoms with Crippen LogP contribution in [-0.4, -0.2) is 44.3 Å². The molecule has 0 bridgehead atoms. The van der Waals surface area contributed by atoms with Gasteiger partial charge in [0.25, 0.3) is 5.56 Å². The number of aromatic nitrogens is 3. The van der Waals surface area contributed by atoms with Gasteiger partial charge in [0.2, 0.25) is 0 Å². The fourth-order valence-corrected chi connectivity index (χ4v) is 4.13. The van der Waals surface area contributed by atoms with E-state index in [-0.39, 0.29) is 11.4 Å². The van der Waals surface area contributed by atoms with Gasteiger partial charge in [0.05, 0.1) is 11.4 Å². The first kappa shape index (κ1) is 16.4. The molecule has 0 radical (unpaired) electrons. The number of nitrogens with zero attached hydrogens (tertiary/aromatic N) is 3. The van der Waals surface area contributed by atoms with Crippen molar-refractivity contribution in [2.45, 2.75) is 13.5 Å². The van der Waals surface area contributed by atoms with Crippen LogP contribution in [0.2, 0.25) is 0 Å². The highest BCUT2D eigenvalue weighted by Gasteiger charge is 2.16. The van der Waals surface area contributed by atoms with Crippen LogP contribution in [0.25, 0.3) is 16.7 Å². The van der Waals surface area contributed by atoms with E-state index in [1.165, 1.54) is 12.1 Å². The normalized spacial score (nSPS) is 15.8. The lowest BCUT2D eigenvalue weighted by molar-refractivity contribution is 0.293. The number of hydrogen-bond acceptors (Lipinski definition) is 4. The molecule has 4 rings (SSSR count). The number of pyridine rings is 1. The van der Waals surface area contributed by atoms with Gasteiger partial charge in [-0.1, -0.05) is 0 Å². The van der Waals surface area contributed by atoms with Crippen LogP contribution in [0, 0.1) is 12.7 Å². The molecule has 7 heteroatoms. The topological polar surface area (TPSA) is 53.9 Å². The minimum Gasteiger partial charge on any atom is -0.306 e. The fourth-order valence-electron chi connectivity index (χ4n) is 3.15. The highest BCUT2D eigenvalue weighted by Crippen LogP contribution is 2.21. The van der Waals surface area contributed by atoms with Gasteiger partial charge in [-0.15, -0.1) is 0 Å². The van der Waals surface area contributed by atoms with Crippen molar-refractivity contribution in [1.29, 1.82) is 0 Å². The van der Waals surface area contributed by atoms with E-state index in [2.05, 4.69) is 15.0 Å². The summed E-state index contributed by atoms with van der Waals surface area (Å²) in [5.74, 6) is 1.93. The van der Waals surface area contributed by atoms with Crippen LogP contribution in [0.5, 0.6) is 0 Å². The summed E-state index contributed by atoms with van der Waals surface area (Å²) >= 11 is 1.95. The highest BCUT2D eigenvalue weighted by atomic mass is 32.2. The molecule has 3 heterocycles. The van der Waals surface area contributed by atoms with Gasteiger partial charge in [-0.25, -0.2) is 9.07 Å². The molecule has 1 aliphatic heterocycles. The molecular formula is C18H19FN4OS. The van der Waals surface area contributed by atoms with Crippen LogP contribution < -0.4 is 5.56 Å². The minimum atomic E-state index is -0.299. The molecule has 1 saturated heterocycles. The molecule has 0 aliphatic carbocycles. The van der Waals surface area contributed by atoms with Crippen LogP contribution in [-0.2, 0) is 6.54 Å². The maximum absolute atomic E-state index is 13.2. The Morgan fingerprint density at radius 1 is 1.24 bits per heavy atom. The smallest absolute Gasteiger partial charge is 0.254 e. The predicted octanol–water partition coefficient (Wildman–Crippen LogP) is 2.71. The molecule has 1 aliphatic rings. The third-order valence-corrected chi connectivity index (χ3v) is 5.46. The Hall–Kier alpha value is -2.12. The van der Waals surface area contributed by atoms with Crippen molar-refractivity contribution in [1.82, 2.24) is 19.7 Å². The average molecular weight is 358 g/mol. The molecule has 2 aromatic heterocycles. The van der Waals surface area contributed by atoms with Crippen molar-refractivity contribution in [3.8, 4) is 5.69 Å². The quantitative estimate of drug-likeness (QED) is 0.782. The van der Waals surface area contributed by atoms with E-state index in [9.17, 15) is 9.18 Å². The number of rotatable bonds is 3. The Morgan fingerprint density at radius 3 is 2.68 bits per heavy atom. The molecule has 25 heavy (non-hydrogen) atoms. The number of H-pyrrole nitrogens is 1. The number of thioether (sulfide) groups is 1. The highest BCUT2D eigenvalue weighted by molar-refractivity contribution is 7.99. The zero-order valence-corrected chi connectivity index (χ0v) is 14.8. The molecule has 0 atom stereocenters. The predicted molar refractivity (Wildman–Crippen MR) is 99.0 cm³/mol. The van der Waals surface area contributed by atoms with E-state index in [0.717, 1.165) is 46.9 Å². The second kappa shape index (κ2) is 6.65. The summed E-state index contributed by atoms with van der Waals surface area (Å²) in [5.41, 5.74) is 2.88. The number of halogens is 1. The molecular weight excluding hydrogens is 339 g/mol. The summed E-state index contributed by atoms with van der Waals surface area (Å²) in [7, 11) is 0. The number of benzene rings is 1. The molecule has 0 spiro atoms. The summed E-state index contributed by atoms with van der Waals surface area (Å²) in [4.78, 5) is 17.8. The van der Waals surface area contributed by atoms with Crippen LogP contribution in [0.3, 0.4) is 0 Å². The molecule has 1 aromatic carbocycles. The van der Waals surface area contributed by atoms with Crippen LogP contribution in [0.1, 0.15) is 11.3 Å². The van der Waals surface area contributed by atoms with Gasteiger partial charge in [-0.2, -0.15) is 16.9 Å². The van der Waals surface area contributed by atoms with Gasteiger partial charge in [0.1, 0.15) is 11.5 Å². The zero-order valence-electron chi connectivity index (χ0n) is 14.0. The van der Waals surface area contributed by atoms with Crippen molar-refractivity contribution in [3.05, 3.63) is 57.8 Å². The summed E-state index contributed by atoms with van der Waals surface area (Å²) in [6, 6.07) is 8.02. The Kier molecular flexibility index (Phi) is 4.35. The van der Waals surface area contributed by atoms with Crippen LogP contribution >= 0.6 is 11.8 Å². The lowest BCUT2D eigenvalue weighted by atomic mass is 10.2. The summed E-state index contributed by atoms with van der Waals surface area (Å²) < 4.78 is 14.8. The maximum atomic E-state index is 13.2. The van der Waals surface area contributed by atoms with Gasteiger partial charge >= 0.3 is 0 Å². The monoisotopic (exact) mass is 358 g/mol. The summed E-state index contributed by atoms with van der Waals surface area (Å²) in [5, 5.41) is 5.45. The lowest BCUT2D eigenvalue weighted by Gasteiger charge is -2.25. The molecule has 1 N–H and O–H groups in total. The third kappa shape index (κ3) is 3.21. The Balaban J connectivity index is 1.75. The third-order valence-electron chi connectivity index (χ3n) is 4.52. The first-order chi connectivity index (χ1) is 12.1. The molecule has 5 nitrogen and oxygen atoms in total. The van der Waals surface area contributed by atoms with Crippen molar-refractivity contribution < 1.29 is 4.39 Å². The summed E-state index contributed by atoms with van der Waals surface area (Å²) in [6.07, 6.45) is 0. The molecule has 0 amide bonds. The van der Waals surface area contributed by atoms with E-state index < -0.39 is 0 Å². The average Bonchev–Trinajstić information content (AvgIpc) is 2.93. The molecule has 0 saturated carbocycles. The largest absolute Gasteiger partial charge is 0.306 e. The SMILES string of the molecule is Cc1nn(-c2ccc(F)cc2)c2[nH]c(=O)c(CN3CCSCC3)cc12. The Bertz CT molecular complexity index is 958. The first-order valence-electron chi connectivity index (χ1n) is 8.29. The number of nitrogens with one attached hydrogen (secondary N) is 1. The maximum Gasteiger partial charge on any atom is 0.254 e. The van der Waals surface area contributed by atoms with Crippen molar-refractivity contribution in [2.24, 2.45) is 0 Å². The van der Waals surface area contributed by atoms with E-state index in [1.807, 2.05) is 24.8 Å². The summed E-state index contributed by atoms with van der Waals surface area (Å²) in [6.45, 7) is 4.60. The number of hydrogen-bond donors (Lipinski definition) is 1. The van der Waals surface area contributed by atoms with Gasteiger partial charge in [-0.3, -0.25) is 9.69 Å². The van der Waals surface area contributed by atoms with Gasteiger partial charge < -0.3 is 4.98 Å². The number of fused-ring (bicyclic) bond motifs is 1. The molecule has 1 fully saturated rings. The van der Waals surface area contributed by atoms with Gasteiger partial charge in [0, 0.05) is 42.1 Å². The number of aromatic amines is 1. The fraction of sp³-hybridized carbons (Fsp3) is 0.333. The van der Waals surface area contributed by atoms with Crippen LogP contribution in [0.15, 0.2) is 35.1 Å². The van der Waals surface area contributed by atoms with Crippen molar-refractivity contribution in [3.63, 3.8) is 0 Å². The van der Waals surface area contributed by atoms with Crippen molar-refractivity contribution in [2.75, 3.05) is 24.6 Å². The van der Waals surface area contributed by atoms with Gasteiger partial charge in [-0.05, 0) is 37.3 Å². The molecule has 0 unspecified atom stereocenters. The second-order valence-electron chi connectivity index (χ2n) is 6.25. The molecule has 3 aromatic rings. The lowest BCUT2D eigenvalue weighted by Crippen LogP contribution is -2.34. The standard InChI is InChI=1S/C18H19FN4OS/c1-12-16-10-13(11-22-6-8-25-9-7-22)18(24)20-17(16)23(21-12)15-4-2-14(19)3-5-15/h2-5,10H,6-9,11H2,1H3,(H,20,24). The Morgan fingerprint density at radius 2 is 1.96 bits per heavy atom. The van der Waals surface area contributed by atoms with Gasteiger partial charge in [0.15, 0.2) is 0 Å².